The second-order valence-corrected chi connectivity index (χ2v) is 4.45. The second kappa shape index (κ2) is 5.33. The Bertz CT molecular complexity index is 598. The van der Waals surface area contributed by atoms with E-state index >= 15 is 0 Å². The minimum Gasteiger partial charge on any atom is -0.351 e. The zero-order valence-electron chi connectivity index (χ0n) is 10.0. The van der Waals surface area contributed by atoms with E-state index in [9.17, 15) is 4.79 Å². The summed E-state index contributed by atoms with van der Waals surface area (Å²) in [4.78, 5) is 16.4. The van der Waals surface area contributed by atoms with E-state index in [4.69, 9.17) is 17.3 Å². The summed E-state index contributed by atoms with van der Waals surface area (Å²) in [6, 6.07) is 7.08. The van der Waals surface area contributed by atoms with E-state index in [1.54, 1.807) is 18.2 Å². The van der Waals surface area contributed by atoms with E-state index in [0.717, 1.165) is 16.6 Å². The second-order valence-electron chi connectivity index (χ2n) is 4.02. The van der Waals surface area contributed by atoms with E-state index in [-0.39, 0.29) is 5.91 Å². The fourth-order valence-electron chi connectivity index (χ4n) is 1.80. The summed E-state index contributed by atoms with van der Waals surface area (Å²) in [7, 11) is 0. The number of rotatable bonds is 3. The number of nitrogens with one attached hydrogen (secondary N) is 1. The Kier molecular flexibility index (Phi) is 3.79. The van der Waals surface area contributed by atoms with Gasteiger partial charge >= 0.3 is 0 Å². The molecule has 4 nitrogen and oxygen atoms in total. The third kappa shape index (κ3) is 2.60. The van der Waals surface area contributed by atoms with Gasteiger partial charge in [0.25, 0.3) is 5.91 Å². The summed E-state index contributed by atoms with van der Waals surface area (Å²) in [5, 5.41) is 4.09. The molecule has 1 aromatic carbocycles. The maximum Gasteiger partial charge on any atom is 0.252 e. The molecule has 0 saturated carbocycles. The van der Waals surface area contributed by atoms with Gasteiger partial charge in [0.05, 0.1) is 11.1 Å². The Balaban J connectivity index is 2.54. The highest BCUT2D eigenvalue weighted by Gasteiger charge is 2.11. The van der Waals surface area contributed by atoms with Crippen LogP contribution in [0.1, 0.15) is 16.1 Å². The van der Waals surface area contributed by atoms with Gasteiger partial charge in [0.15, 0.2) is 0 Å². The van der Waals surface area contributed by atoms with Crippen molar-refractivity contribution in [3.8, 4) is 0 Å². The number of halogens is 1. The van der Waals surface area contributed by atoms with Crippen molar-refractivity contribution < 1.29 is 4.79 Å². The number of nitrogens with two attached hydrogens (primary N) is 1. The third-order valence-electron chi connectivity index (χ3n) is 2.57. The number of carbonyl (C=O) groups is 1. The lowest BCUT2D eigenvalue weighted by molar-refractivity contribution is 0.0956. The molecule has 0 aliphatic heterocycles. The number of hydrogen-bond donors (Lipinski definition) is 2. The average Bonchev–Trinajstić information content (AvgIpc) is 2.35. The molecule has 0 fully saturated rings. The van der Waals surface area contributed by atoms with Crippen LogP contribution >= 0.6 is 11.6 Å². The van der Waals surface area contributed by atoms with Gasteiger partial charge in [-0.2, -0.15) is 0 Å². The van der Waals surface area contributed by atoms with Gasteiger partial charge in [0.1, 0.15) is 0 Å². The Hall–Kier alpha value is -1.65. The quantitative estimate of drug-likeness (QED) is 0.889. The predicted octanol–water partition coefficient (Wildman–Crippen LogP) is 1.89. The Morgan fingerprint density at radius 1 is 1.44 bits per heavy atom. The van der Waals surface area contributed by atoms with Crippen molar-refractivity contribution in [1.29, 1.82) is 0 Å². The van der Waals surface area contributed by atoms with Gasteiger partial charge in [-0.25, -0.2) is 0 Å². The molecule has 0 spiro atoms. The van der Waals surface area contributed by atoms with Gasteiger partial charge in [-0.05, 0) is 31.2 Å². The first-order chi connectivity index (χ1) is 8.61. The molecule has 1 aromatic heterocycles. The first kappa shape index (κ1) is 12.8. The van der Waals surface area contributed by atoms with Crippen molar-refractivity contribution in [2.75, 3.05) is 13.1 Å². The number of hydrogen-bond acceptors (Lipinski definition) is 3. The molecule has 0 radical (unpaired) electrons. The van der Waals surface area contributed by atoms with Crippen LogP contribution in [0, 0.1) is 6.92 Å². The van der Waals surface area contributed by atoms with Crippen LogP contribution < -0.4 is 11.1 Å². The largest absolute Gasteiger partial charge is 0.351 e. The normalized spacial score (nSPS) is 10.6. The number of aryl methyl sites for hydroxylation is 1. The van der Waals surface area contributed by atoms with E-state index < -0.39 is 0 Å². The minimum atomic E-state index is -0.154. The molecule has 18 heavy (non-hydrogen) atoms. The molecule has 0 saturated heterocycles. The number of fused-ring (bicyclic) bond motifs is 1. The molecule has 2 aromatic rings. The molecular formula is C13H14ClN3O. The summed E-state index contributed by atoms with van der Waals surface area (Å²) in [5.41, 5.74) is 7.51. The maximum atomic E-state index is 12.0. The van der Waals surface area contributed by atoms with Gasteiger partial charge < -0.3 is 11.1 Å². The molecule has 0 unspecified atom stereocenters. The van der Waals surface area contributed by atoms with Gasteiger partial charge in [-0.1, -0.05) is 11.6 Å². The van der Waals surface area contributed by atoms with Crippen LogP contribution in [0.5, 0.6) is 0 Å². The number of carbonyl (C=O) groups excluding carboxylic acids is 1. The smallest absolute Gasteiger partial charge is 0.252 e. The number of amides is 1. The number of nitrogens with zero attached hydrogens (tertiary/aromatic N) is 1. The molecule has 1 heterocycles. The Morgan fingerprint density at radius 2 is 2.22 bits per heavy atom. The van der Waals surface area contributed by atoms with Crippen LogP contribution in [0.25, 0.3) is 10.9 Å². The van der Waals surface area contributed by atoms with Crippen LogP contribution in [-0.4, -0.2) is 24.0 Å². The molecule has 3 N–H and O–H groups in total. The monoisotopic (exact) mass is 263 g/mol. The lowest BCUT2D eigenvalue weighted by Crippen LogP contribution is -2.29. The highest BCUT2D eigenvalue weighted by Crippen LogP contribution is 2.22. The maximum absolute atomic E-state index is 12.0. The fourth-order valence-corrected chi connectivity index (χ4v) is 1.97. The van der Waals surface area contributed by atoms with Gasteiger partial charge in [-0.15, -0.1) is 0 Å². The van der Waals surface area contributed by atoms with E-state index in [1.807, 2.05) is 13.0 Å². The summed E-state index contributed by atoms with van der Waals surface area (Å²) in [5.74, 6) is -0.154. The molecule has 0 bridgehead atoms. The Morgan fingerprint density at radius 3 is 2.94 bits per heavy atom. The highest BCUT2D eigenvalue weighted by molar-refractivity contribution is 6.31. The van der Waals surface area contributed by atoms with E-state index in [0.29, 0.717) is 23.7 Å². The number of benzene rings is 1. The third-order valence-corrected chi connectivity index (χ3v) is 2.81. The first-order valence-electron chi connectivity index (χ1n) is 5.67. The zero-order chi connectivity index (χ0) is 13.1. The lowest BCUT2D eigenvalue weighted by atomic mass is 10.1. The fraction of sp³-hybridized carbons (Fsp3) is 0.231. The summed E-state index contributed by atoms with van der Waals surface area (Å²) >= 11 is 5.96. The van der Waals surface area contributed by atoms with Crippen molar-refractivity contribution in [3.63, 3.8) is 0 Å². The van der Waals surface area contributed by atoms with Crippen LogP contribution in [0.4, 0.5) is 0 Å². The summed E-state index contributed by atoms with van der Waals surface area (Å²) in [6.45, 7) is 2.71. The van der Waals surface area contributed by atoms with Crippen molar-refractivity contribution in [2.24, 2.45) is 5.73 Å². The Labute approximate surface area is 110 Å². The first-order valence-corrected chi connectivity index (χ1v) is 6.05. The molecular weight excluding hydrogens is 250 g/mol. The van der Waals surface area contributed by atoms with E-state index in [2.05, 4.69) is 10.3 Å². The minimum absolute atomic E-state index is 0.154. The predicted molar refractivity (Wildman–Crippen MR) is 72.9 cm³/mol. The van der Waals surface area contributed by atoms with Crippen molar-refractivity contribution >= 4 is 28.4 Å². The van der Waals surface area contributed by atoms with Crippen LogP contribution in [0.3, 0.4) is 0 Å². The molecule has 2 rings (SSSR count). The molecule has 0 aliphatic rings. The van der Waals surface area contributed by atoms with Crippen LogP contribution in [0.15, 0.2) is 24.3 Å². The van der Waals surface area contributed by atoms with Gasteiger partial charge in [0, 0.05) is 29.2 Å². The molecule has 0 aliphatic carbocycles. The van der Waals surface area contributed by atoms with Crippen molar-refractivity contribution in [3.05, 3.63) is 40.5 Å². The standard InChI is InChI=1S/C13H14ClN3O/c1-8-6-11(13(18)16-5-4-15)10-7-9(14)2-3-12(10)17-8/h2-3,6-7H,4-5,15H2,1H3,(H,16,18). The lowest BCUT2D eigenvalue weighted by Gasteiger charge is -2.08. The van der Waals surface area contributed by atoms with Crippen LogP contribution in [-0.2, 0) is 0 Å². The topological polar surface area (TPSA) is 68.0 Å². The number of aromatic nitrogens is 1. The SMILES string of the molecule is Cc1cc(C(=O)NCCN)c2cc(Cl)ccc2n1. The zero-order valence-corrected chi connectivity index (χ0v) is 10.8. The average molecular weight is 264 g/mol. The van der Waals surface area contributed by atoms with E-state index in [1.165, 1.54) is 0 Å². The molecule has 94 valence electrons. The van der Waals surface area contributed by atoms with Crippen molar-refractivity contribution in [1.82, 2.24) is 10.3 Å². The highest BCUT2D eigenvalue weighted by atomic mass is 35.5. The summed E-state index contributed by atoms with van der Waals surface area (Å²) < 4.78 is 0. The van der Waals surface area contributed by atoms with Gasteiger partial charge in [0.2, 0.25) is 0 Å². The van der Waals surface area contributed by atoms with Gasteiger partial charge in [-0.3, -0.25) is 9.78 Å². The van der Waals surface area contributed by atoms with Crippen molar-refractivity contribution in [2.45, 2.75) is 6.92 Å². The number of pyridine rings is 1. The molecule has 0 atom stereocenters. The summed E-state index contributed by atoms with van der Waals surface area (Å²) in [6.07, 6.45) is 0. The molecule has 1 amide bonds. The molecule has 5 heteroatoms. The van der Waals surface area contributed by atoms with Crippen LogP contribution in [0.2, 0.25) is 5.02 Å².